The Hall–Kier alpha value is -4.37. The number of para-hydroxylation sites is 1. The molecule has 2 aromatic carbocycles. The van der Waals surface area contributed by atoms with Gasteiger partial charge in [0, 0.05) is 36.5 Å². The average molecular weight is 506 g/mol. The molecular weight excluding hydrogens is 488 g/mol. The summed E-state index contributed by atoms with van der Waals surface area (Å²) < 4.78 is 34.6. The SMILES string of the molecule is Cn1nc(-c2cccnc2)c(COc2ccccc2C(=O)Nc2cnc3cc(F)c(F)cc3c2)c1Cl. The molecule has 0 spiro atoms. The zero-order valence-electron chi connectivity index (χ0n) is 18.9. The lowest BCUT2D eigenvalue weighted by Crippen LogP contribution is -2.14. The number of benzene rings is 2. The maximum Gasteiger partial charge on any atom is 0.259 e. The lowest BCUT2D eigenvalue weighted by atomic mass is 10.1. The highest BCUT2D eigenvalue weighted by Gasteiger charge is 2.19. The van der Waals surface area contributed by atoms with Crippen molar-refractivity contribution in [3.05, 3.63) is 101 Å². The normalized spacial score (nSPS) is 11.0. The molecule has 0 saturated carbocycles. The van der Waals surface area contributed by atoms with Gasteiger partial charge in [-0.15, -0.1) is 0 Å². The summed E-state index contributed by atoms with van der Waals surface area (Å²) in [6.45, 7) is 0.0591. The molecule has 3 heterocycles. The van der Waals surface area contributed by atoms with Gasteiger partial charge in [0.05, 0.1) is 28.5 Å². The Morgan fingerprint density at radius 3 is 2.69 bits per heavy atom. The lowest BCUT2D eigenvalue weighted by Gasteiger charge is -2.12. The molecule has 0 aliphatic rings. The van der Waals surface area contributed by atoms with Gasteiger partial charge in [0.2, 0.25) is 0 Å². The first-order valence-electron chi connectivity index (χ1n) is 10.8. The second kappa shape index (κ2) is 9.71. The van der Waals surface area contributed by atoms with E-state index in [4.69, 9.17) is 16.3 Å². The third kappa shape index (κ3) is 4.60. The fourth-order valence-corrected chi connectivity index (χ4v) is 3.91. The van der Waals surface area contributed by atoms with E-state index in [1.165, 1.54) is 12.3 Å². The van der Waals surface area contributed by atoms with Gasteiger partial charge in [-0.25, -0.2) is 8.78 Å². The van der Waals surface area contributed by atoms with Crippen molar-refractivity contribution in [1.82, 2.24) is 19.7 Å². The van der Waals surface area contributed by atoms with Crippen LogP contribution >= 0.6 is 11.6 Å². The number of fused-ring (bicyclic) bond motifs is 1. The maximum absolute atomic E-state index is 13.6. The van der Waals surface area contributed by atoms with Crippen LogP contribution in [-0.2, 0) is 13.7 Å². The van der Waals surface area contributed by atoms with E-state index in [0.717, 1.165) is 17.7 Å². The topological polar surface area (TPSA) is 81.9 Å². The number of carbonyl (C=O) groups excluding carboxylic acids is 1. The summed E-state index contributed by atoms with van der Waals surface area (Å²) in [6, 6.07) is 13.9. The van der Waals surface area contributed by atoms with E-state index < -0.39 is 17.5 Å². The van der Waals surface area contributed by atoms with Gasteiger partial charge < -0.3 is 10.1 Å². The van der Waals surface area contributed by atoms with Crippen molar-refractivity contribution in [2.45, 2.75) is 6.61 Å². The number of aromatic nitrogens is 4. The molecule has 180 valence electrons. The van der Waals surface area contributed by atoms with Crippen LogP contribution in [0.5, 0.6) is 5.75 Å². The minimum Gasteiger partial charge on any atom is -0.488 e. The quantitative estimate of drug-likeness (QED) is 0.316. The van der Waals surface area contributed by atoms with Gasteiger partial charge in [0.15, 0.2) is 11.6 Å². The molecule has 0 fully saturated rings. The summed E-state index contributed by atoms with van der Waals surface area (Å²) in [7, 11) is 1.73. The first kappa shape index (κ1) is 23.4. The van der Waals surface area contributed by atoms with Gasteiger partial charge in [-0.05, 0) is 36.4 Å². The van der Waals surface area contributed by atoms with Crippen LogP contribution in [0.25, 0.3) is 22.2 Å². The minimum absolute atomic E-state index is 0.0591. The van der Waals surface area contributed by atoms with E-state index in [1.54, 1.807) is 54.5 Å². The van der Waals surface area contributed by atoms with Crippen molar-refractivity contribution in [3.63, 3.8) is 0 Å². The molecule has 0 radical (unpaired) electrons. The van der Waals surface area contributed by atoms with Crippen molar-refractivity contribution in [2.24, 2.45) is 7.05 Å². The molecule has 1 amide bonds. The van der Waals surface area contributed by atoms with Gasteiger partial charge in [-0.2, -0.15) is 5.10 Å². The van der Waals surface area contributed by atoms with Crippen LogP contribution in [0.15, 0.2) is 73.2 Å². The highest BCUT2D eigenvalue weighted by molar-refractivity contribution is 6.30. The van der Waals surface area contributed by atoms with Crippen molar-refractivity contribution in [2.75, 3.05) is 5.32 Å². The molecule has 5 aromatic rings. The average Bonchev–Trinajstić information content (AvgIpc) is 3.17. The van der Waals surface area contributed by atoms with E-state index >= 15 is 0 Å². The van der Waals surface area contributed by atoms with Crippen LogP contribution in [0, 0.1) is 11.6 Å². The zero-order valence-corrected chi connectivity index (χ0v) is 19.6. The highest BCUT2D eigenvalue weighted by atomic mass is 35.5. The van der Waals surface area contributed by atoms with E-state index in [-0.39, 0.29) is 17.7 Å². The zero-order chi connectivity index (χ0) is 25.2. The van der Waals surface area contributed by atoms with Crippen molar-refractivity contribution < 1.29 is 18.3 Å². The van der Waals surface area contributed by atoms with Gasteiger partial charge in [0.25, 0.3) is 5.91 Å². The number of nitrogens with one attached hydrogen (secondary N) is 1. The number of ether oxygens (including phenoxy) is 1. The van der Waals surface area contributed by atoms with Crippen LogP contribution in [0.2, 0.25) is 5.15 Å². The number of carbonyl (C=O) groups is 1. The summed E-state index contributed by atoms with van der Waals surface area (Å²) in [5, 5.41) is 7.95. The molecule has 0 aliphatic heterocycles. The maximum atomic E-state index is 13.6. The molecular formula is C26H18ClF2N5O2. The fraction of sp³-hybridized carbons (Fsp3) is 0.0769. The third-order valence-electron chi connectivity index (χ3n) is 5.49. The molecule has 5 rings (SSSR count). The van der Waals surface area contributed by atoms with Gasteiger partial charge >= 0.3 is 0 Å². The standard InChI is InChI=1S/C26H18ClF2N5O2/c1-34-25(27)19(24(33-34)15-5-4-8-30-12-15)14-36-23-7-3-2-6-18(23)26(35)32-17-9-16-10-20(28)21(29)11-22(16)31-13-17/h2-13H,14H2,1H3,(H,32,35). The molecule has 7 nitrogen and oxygen atoms in total. The summed E-state index contributed by atoms with van der Waals surface area (Å²) >= 11 is 6.47. The number of rotatable bonds is 6. The number of halogens is 3. The van der Waals surface area contributed by atoms with Crippen LogP contribution < -0.4 is 10.1 Å². The molecule has 0 aliphatic carbocycles. The summed E-state index contributed by atoms with van der Waals surface area (Å²) in [6.07, 6.45) is 4.72. The Balaban J connectivity index is 1.38. The van der Waals surface area contributed by atoms with Crippen molar-refractivity contribution in [3.8, 4) is 17.0 Å². The Morgan fingerprint density at radius 1 is 1.08 bits per heavy atom. The van der Waals surface area contributed by atoms with Gasteiger partial charge in [-0.3, -0.25) is 19.4 Å². The number of nitrogens with zero attached hydrogens (tertiary/aromatic N) is 4. The number of hydrogen-bond acceptors (Lipinski definition) is 5. The van der Waals surface area contributed by atoms with Crippen LogP contribution in [0.4, 0.5) is 14.5 Å². The molecule has 1 N–H and O–H groups in total. The molecule has 0 atom stereocenters. The molecule has 0 saturated heterocycles. The second-order valence-electron chi connectivity index (χ2n) is 7.91. The van der Waals surface area contributed by atoms with Crippen molar-refractivity contribution >= 4 is 34.1 Å². The van der Waals surface area contributed by atoms with Crippen LogP contribution in [-0.4, -0.2) is 25.7 Å². The monoisotopic (exact) mass is 505 g/mol. The summed E-state index contributed by atoms with van der Waals surface area (Å²) in [4.78, 5) is 21.3. The minimum atomic E-state index is -0.994. The third-order valence-corrected chi connectivity index (χ3v) is 5.96. The molecule has 0 bridgehead atoms. The predicted octanol–water partition coefficient (Wildman–Crippen LogP) is 5.79. The van der Waals surface area contributed by atoms with Crippen LogP contribution in [0.3, 0.4) is 0 Å². The van der Waals surface area contributed by atoms with E-state index in [9.17, 15) is 13.6 Å². The summed E-state index contributed by atoms with van der Waals surface area (Å²) in [5.74, 6) is -2.11. The first-order valence-corrected chi connectivity index (χ1v) is 11.2. The van der Waals surface area contributed by atoms with Crippen molar-refractivity contribution in [1.29, 1.82) is 0 Å². The Kier molecular flexibility index (Phi) is 6.30. The highest BCUT2D eigenvalue weighted by Crippen LogP contribution is 2.30. The molecule has 0 unspecified atom stereocenters. The van der Waals surface area contributed by atoms with Gasteiger partial charge in [0.1, 0.15) is 23.2 Å². The number of hydrogen-bond donors (Lipinski definition) is 1. The number of anilines is 1. The number of amides is 1. The second-order valence-corrected chi connectivity index (χ2v) is 8.26. The number of pyridine rings is 2. The predicted molar refractivity (Wildman–Crippen MR) is 132 cm³/mol. The smallest absolute Gasteiger partial charge is 0.259 e. The Morgan fingerprint density at radius 2 is 1.89 bits per heavy atom. The van der Waals surface area contributed by atoms with E-state index in [1.807, 2.05) is 6.07 Å². The molecule has 3 aromatic heterocycles. The lowest BCUT2D eigenvalue weighted by molar-refractivity contribution is 0.102. The molecule has 36 heavy (non-hydrogen) atoms. The summed E-state index contributed by atoms with van der Waals surface area (Å²) in [5.41, 5.74) is 2.92. The largest absolute Gasteiger partial charge is 0.488 e. The van der Waals surface area contributed by atoms with Crippen LogP contribution in [0.1, 0.15) is 15.9 Å². The van der Waals surface area contributed by atoms with E-state index in [0.29, 0.717) is 33.2 Å². The fourth-order valence-electron chi connectivity index (χ4n) is 3.73. The van der Waals surface area contributed by atoms with E-state index in [2.05, 4.69) is 20.4 Å². The first-order chi connectivity index (χ1) is 17.4. The van der Waals surface area contributed by atoms with Gasteiger partial charge in [-0.1, -0.05) is 23.7 Å². The Labute approximate surface area is 209 Å². The molecule has 10 heteroatoms. The Bertz CT molecular complexity index is 1590. The number of aryl methyl sites for hydroxylation is 1.